The molecule has 31 heavy (non-hydrogen) atoms. The van der Waals surface area contributed by atoms with E-state index in [9.17, 15) is 19.8 Å². The molecule has 2 aliphatic carbocycles. The second-order valence-electron chi connectivity index (χ2n) is 9.24. The number of rotatable bonds is 4. The van der Waals surface area contributed by atoms with E-state index in [0.717, 1.165) is 47.1 Å². The monoisotopic (exact) mass is 421 g/mol. The lowest BCUT2D eigenvalue weighted by Gasteiger charge is -2.39. The van der Waals surface area contributed by atoms with E-state index in [2.05, 4.69) is 35.2 Å². The maximum atomic E-state index is 12.4. The molecule has 1 fully saturated rings. The number of carbonyl (C=O) groups is 1. The molecule has 5 N–H and O–H groups in total. The third kappa shape index (κ3) is 3.15. The van der Waals surface area contributed by atoms with E-state index in [1.807, 2.05) is 6.07 Å². The summed E-state index contributed by atoms with van der Waals surface area (Å²) in [5.41, 5.74) is 5.16. The lowest BCUT2D eigenvalue weighted by atomic mass is 9.78. The largest absolute Gasteiger partial charge is 0.506 e. The number of fused-ring (bicyclic) bond motifs is 4. The number of aromatic hydroxyl groups is 1. The molecule has 3 aromatic rings. The first-order valence-electron chi connectivity index (χ1n) is 10.9. The third-order valence-corrected chi connectivity index (χ3v) is 7.18. The lowest BCUT2D eigenvalue weighted by Crippen LogP contribution is -2.47. The van der Waals surface area contributed by atoms with Crippen LogP contribution in [0.4, 0.5) is 0 Å². The van der Waals surface area contributed by atoms with E-state index in [-0.39, 0.29) is 5.54 Å². The Kier molecular flexibility index (Phi) is 4.48. The van der Waals surface area contributed by atoms with Crippen LogP contribution in [0.2, 0.25) is 0 Å². The standard InChI is InChI=1S/C24H27N3O4/c1-12-15-9-13-5-3-6-14-20(27-22(29)19(21(14)28)23(30)31)16(13)10-17(15)26-18(12)11-25-24(2)7-4-8-24/h9-10,25-26H,3-8,11H2,1-2H3,(H,30,31)(H2,27,28,29). The van der Waals surface area contributed by atoms with Crippen LogP contribution < -0.4 is 10.9 Å². The zero-order chi connectivity index (χ0) is 21.9. The predicted octanol–water partition coefficient (Wildman–Crippen LogP) is 3.76. The fourth-order valence-electron chi connectivity index (χ4n) is 5.03. The molecular formula is C24H27N3O4. The molecule has 162 valence electrons. The van der Waals surface area contributed by atoms with Crippen LogP contribution in [0.5, 0.6) is 5.75 Å². The van der Waals surface area contributed by atoms with Crippen molar-refractivity contribution < 1.29 is 15.0 Å². The highest BCUT2D eigenvalue weighted by atomic mass is 16.4. The Morgan fingerprint density at radius 2 is 1.97 bits per heavy atom. The summed E-state index contributed by atoms with van der Waals surface area (Å²) in [7, 11) is 0. The molecule has 0 amide bonds. The molecule has 0 unspecified atom stereocenters. The van der Waals surface area contributed by atoms with Crippen molar-refractivity contribution in [1.29, 1.82) is 0 Å². The quantitative estimate of drug-likeness (QED) is 0.440. The van der Waals surface area contributed by atoms with Gasteiger partial charge in [0.15, 0.2) is 5.56 Å². The van der Waals surface area contributed by atoms with Gasteiger partial charge in [-0.15, -0.1) is 0 Å². The number of pyridine rings is 1. The number of hydrogen-bond acceptors (Lipinski definition) is 4. The normalized spacial score (nSPS) is 17.0. The van der Waals surface area contributed by atoms with E-state index in [1.165, 1.54) is 24.8 Å². The van der Waals surface area contributed by atoms with E-state index in [1.54, 1.807) is 0 Å². The maximum Gasteiger partial charge on any atom is 0.345 e. The van der Waals surface area contributed by atoms with Gasteiger partial charge in [-0.2, -0.15) is 0 Å². The summed E-state index contributed by atoms with van der Waals surface area (Å²) in [6, 6.07) is 4.19. The first-order valence-corrected chi connectivity index (χ1v) is 10.9. The van der Waals surface area contributed by atoms with Crippen LogP contribution in [-0.4, -0.2) is 31.7 Å². The highest BCUT2D eigenvalue weighted by molar-refractivity contribution is 5.94. The second kappa shape index (κ2) is 6.99. The number of nitrogens with one attached hydrogen (secondary N) is 3. The van der Waals surface area contributed by atoms with Crippen LogP contribution in [0.3, 0.4) is 0 Å². The van der Waals surface area contributed by atoms with E-state index < -0.39 is 22.8 Å². The molecule has 1 aromatic carbocycles. The minimum Gasteiger partial charge on any atom is -0.506 e. The van der Waals surface area contributed by atoms with Gasteiger partial charge in [-0.1, -0.05) is 0 Å². The number of benzene rings is 1. The number of aromatic nitrogens is 2. The van der Waals surface area contributed by atoms with Gasteiger partial charge in [0.2, 0.25) is 0 Å². The number of carboxylic acids is 1. The molecule has 0 bridgehead atoms. The fourth-order valence-corrected chi connectivity index (χ4v) is 5.03. The molecule has 0 atom stereocenters. The Morgan fingerprint density at radius 3 is 2.65 bits per heavy atom. The van der Waals surface area contributed by atoms with Crippen LogP contribution in [0.15, 0.2) is 16.9 Å². The maximum absolute atomic E-state index is 12.4. The molecule has 0 spiro atoms. The van der Waals surface area contributed by atoms with Crippen LogP contribution in [0.25, 0.3) is 22.2 Å². The van der Waals surface area contributed by atoms with Crippen molar-refractivity contribution in [2.24, 2.45) is 0 Å². The summed E-state index contributed by atoms with van der Waals surface area (Å²) < 4.78 is 0. The highest BCUT2D eigenvalue weighted by Crippen LogP contribution is 2.39. The Morgan fingerprint density at radius 1 is 1.19 bits per heavy atom. The summed E-state index contributed by atoms with van der Waals surface area (Å²) in [5.74, 6) is -1.83. The van der Waals surface area contributed by atoms with E-state index in [4.69, 9.17) is 0 Å². The van der Waals surface area contributed by atoms with Crippen molar-refractivity contribution >= 4 is 16.9 Å². The highest BCUT2D eigenvalue weighted by Gasteiger charge is 2.31. The Labute approximate surface area is 179 Å². The van der Waals surface area contributed by atoms with Crippen molar-refractivity contribution in [2.75, 3.05) is 0 Å². The van der Waals surface area contributed by atoms with Crippen molar-refractivity contribution in [2.45, 2.75) is 64.5 Å². The van der Waals surface area contributed by atoms with Gasteiger partial charge in [0.05, 0.1) is 5.69 Å². The Hall–Kier alpha value is -3.06. The fraction of sp³-hybridized carbons (Fsp3) is 0.417. The Balaban J connectivity index is 1.62. The van der Waals surface area contributed by atoms with Gasteiger partial charge >= 0.3 is 5.97 Å². The molecule has 7 nitrogen and oxygen atoms in total. The van der Waals surface area contributed by atoms with Crippen LogP contribution in [0, 0.1) is 6.92 Å². The van der Waals surface area contributed by atoms with Crippen LogP contribution in [-0.2, 0) is 19.4 Å². The minimum atomic E-state index is -1.42. The zero-order valence-electron chi connectivity index (χ0n) is 17.8. The van der Waals surface area contributed by atoms with Crippen LogP contribution in [0.1, 0.15) is 65.3 Å². The molecule has 5 rings (SSSR count). The molecule has 7 heteroatoms. The summed E-state index contributed by atoms with van der Waals surface area (Å²) >= 11 is 0. The van der Waals surface area contributed by atoms with Crippen LogP contribution >= 0.6 is 0 Å². The van der Waals surface area contributed by atoms with Gasteiger partial charge in [0.1, 0.15) is 5.75 Å². The van der Waals surface area contributed by atoms with E-state index in [0.29, 0.717) is 17.7 Å². The summed E-state index contributed by atoms with van der Waals surface area (Å²) in [5, 5.41) is 24.7. The first-order chi connectivity index (χ1) is 14.8. The molecule has 0 aliphatic heterocycles. The second-order valence-corrected chi connectivity index (χ2v) is 9.24. The summed E-state index contributed by atoms with van der Waals surface area (Å²) in [4.78, 5) is 30.1. The topological polar surface area (TPSA) is 118 Å². The van der Waals surface area contributed by atoms with Gasteiger partial charge in [0, 0.05) is 39.8 Å². The SMILES string of the molecule is Cc1c(CNC2(C)CCC2)[nH]c2cc3c(cc12)CCCc1c-3[nH]c(=O)c(C(=O)O)c1O. The number of aromatic carboxylic acids is 1. The van der Waals surface area contributed by atoms with Gasteiger partial charge in [-0.05, 0) is 75.6 Å². The first kappa shape index (κ1) is 19.9. The summed E-state index contributed by atoms with van der Waals surface area (Å²) in [6.45, 7) is 5.17. The number of H-pyrrole nitrogens is 2. The number of hydrogen-bond donors (Lipinski definition) is 5. The zero-order valence-corrected chi connectivity index (χ0v) is 17.8. The number of aromatic amines is 2. The molecule has 0 saturated heterocycles. The number of carboxylic acid groups (broad SMARTS) is 1. The van der Waals surface area contributed by atoms with Gasteiger partial charge in [-0.3, -0.25) is 4.79 Å². The lowest BCUT2D eigenvalue weighted by molar-refractivity contribution is 0.0691. The van der Waals surface area contributed by atoms with Gasteiger partial charge in [0.25, 0.3) is 5.56 Å². The summed E-state index contributed by atoms with van der Waals surface area (Å²) in [6.07, 6.45) is 5.74. The van der Waals surface area contributed by atoms with Crippen molar-refractivity contribution in [3.63, 3.8) is 0 Å². The average molecular weight is 421 g/mol. The smallest absolute Gasteiger partial charge is 0.345 e. The minimum absolute atomic E-state index is 0.221. The molecular weight excluding hydrogens is 394 g/mol. The molecule has 1 saturated carbocycles. The van der Waals surface area contributed by atoms with E-state index >= 15 is 0 Å². The average Bonchev–Trinajstić information content (AvgIpc) is 2.88. The van der Waals surface area contributed by atoms with Crippen molar-refractivity contribution in [3.05, 3.63) is 50.4 Å². The molecule has 2 aliphatic rings. The molecule has 0 radical (unpaired) electrons. The number of aryl methyl sites for hydroxylation is 2. The van der Waals surface area contributed by atoms with Gasteiger partial charge in [-0.25, -0.2) is 4.79 Å². The van der Waals surface area contributed by atoms with Crippen molar-refractivity contribution in [1.82, 2.24) is 15.3 Å². The third-order valence-electron chi connectivity index (χ3n) is 7.18. The Bertz CT molecular complexity index is 1280. The molecule has 2 heterocycles. The molecule has 2 aromatic heterocycles. The predicted molar refractivity (Wildman–Crippen MR) is 119 cm³/mol. The van der Waals surface area contributed by atoms with Gasteiger partial charge < -0.3 is 25.5 Å². The van der Waals surface area contributed by atoms with Crippen molar-refractivity contribution in [3.8, 4) is 17.0 Å².